The van der Waals surface area contributed by atoms with Crippen LogP contribution in [0.4, 0.5) is 5.69 Å². The summed E-state index contributed by atoms with van der Waals surface area (Å²) in [5.74, 6) is 0.214. The summed E-state index contributed by atoms with van der Waals surface area (Å²) >= 11 is 0. The van der Waals surface area contributed by atoms with E-state index < -0.39 is 5.41 Å². The maximum absolute atomic E-state index is 12.5. The summed E-state index contributed by atoms with van der Waals surface area (Å²) in [5.41, 5.74) is 0.793. The van der Waals surface area contributed by atoms with Gasteiger partial charge in [0.05, 0.1) is 0 Å². The van der Waals surface area contributed by atoms with E-state index in [2.05, 4.69) is 17.2 Å². The first kappa shape index (κ1) is 17.7. The topological polar surface area (TPSA) is 67.4 Å². The van der Waals surface area contributed by atoms with Gasteiger partial charge in [-0.3, -0.25) is 9.59 Å². The molecule has 2 aromatic carbocycles. The second kappa shape index (κ2) is 7.87. The van der Waals surface area contributed by atoms with Gasteiger partial charge in [0.1, 0.15) is 17.8 Å². The summed E-state index contributed by atoms with van der Waals surface area (Å²) in [6, 6.07) is 17.1. The molecule has 0 spiro atoms. The molecule has 2 N–H and O–H groups in total. The largest absolute Gasteiger partial charge is 0.489 e. The van der Waals surface area contributed by atoms with Gasteiger partial charge in [-0.2, -0.15) is 0 Å². The zero-order valence-electron chi connectivity index (χ0n) is 14.5. The Kier molecular flexibility index (Phi) is 5.37. The van der Waals surface area contributed by atoms with E-state index in [4.69, 9.17) is 4.74 Å². The predicted molar refractivity (Wildman–Crippen MR) is 101 cm³/mol. The minimum absolute atomic E-state index is 0.238. The van der Waals surface area contributed by atoms with E-state index in [1.54, 1.807) is 30.3 Å². The van der Waals surface area contributed by atoms with Crippen molar-refractivity contribution in [2.75, 3.05) is 11.9 Å². The third-order valence-corrected chi connectivity index (χ3v) is 4.39. The van der Waals surface area contributed by atoms with Crippen LogP contribution in [0.5, 0.6) is 5.75 Å². The Labute approximate surface area is 153 Å². The molecule has 0 atom stereocenters. The maximum Gasteiger partial charge on any atom is 0.240 e. The minimum atomic E-state index is -0.939. The van der Waals surface area contributed by atoms with Gasteiger partial charge in [0.15, 0.2) is 0 Å². The van der Waals surface area contributed by atoms with Gasteiger partial charge in [-0.05, 0) is 42.7 Å². The Balaban J connectivity index is 1.55. The lowest BCUT2D eigenvalue weighted by Crippen LogP contribution is -2.40. The van der Waals surface area contributed by atoms with Gasteiger partial charge in [-0.15, -0.1) is 6.58 Å². The maximum atomic E-state index is 12.5. The van der Waals surface area contributed by atoms with Crippen molar-refractivity contribution < 1.29 is 14.3 Å². The number of anilines is 1. The highest BCUT2D eigenvalue weighted by molar-refractivity contribution is 6.13. The van der Waals surface area contributed by atoms with E-state index in [1.165, 1.54) is 0 Å². The molecule has 0 saturated heterocycles. The van der Waals surface area contributed by atoms with Crippen LogP contribution in [-0.2, 0) is 16.2 Å². The zero-order chi connectivity index (χ0) is 18.4. The number of rotatable bonds is 8. The Morgan fingerprint density at radius 3 is 2.35 bits per heavy atom. The number of carbonyl (C=O) groups excluding carboxylic acids is 2. The molecule has 2 amide bonds. The van der Waals surface area contributed by atoms with Crippen molar-refractivity contribution in [3.05, 3.63) is 72.8 Å². The quantitative estimate of drug-likeness (QED) is 0.567. The number of ether oxygens (including phenoxy) is 1. The van der Waals surface area contributed by atoms with E-state index in [9.17, 15) is 9.59 Å². The minimum Gasteiger partial charge on any atom is -0.489 e. The van der Waals surface area contributed by atoms with Crippen molar-refractivity contribution in [1.82, 2.24) is 5.32 Å². The highest BCUT2D eigenvalue weighted by Gasteiger charge is 2.56. The fourth-order valence-electron chi connectivity index (χ4n) is 2.64. The average molecular weight is 350 g/mol. The third-order valence-electron chi connectivity index (χ3n) is 4.39. The molecule has 3 rings (SSSR count). The van der Waals surface area contributed by atoms with Gasteiger partial charge in [0, 0.05) is 12.2 Å². The lowest BCUT2D eigenvalue weighted by molar-refractivity contribution is -0.134. The Morgan fingerprint density at radius 2 is 1.73 bits per heavy atom. The molecule has 5 nitrogen and oxygen atoms in total. The van der Waals surface area contributed by atoms with E-state index >= 15 is 0 Å². The van der Waals surface area contributed by atoms with Crippen molar-refractivity contribution >= 4 is 17.5 Å². The SMILES string of the molecule is C=CCNC(=O)C1(C(=O)Nc2ccc(OCc3ccccc3)cc2)CC1. The fourth-order valence-corrected chi connectivity index (χ4v) is 2.64. The van der Waals surface area contributed by atoms with Crippen molar-refractivity contribution in [3.8, 4) is 5.75 Å². The Bertz CT molecular complexity index is 781. The van der Waals surface area contributed by atoms with Crippen LogP contribution in [-0.4, -0.2) is 18.4 Å². The summed E-state index contributed by atoms with van der Waals surface area (Å²) in [6.45, 7) is 4.41. The molecule has 26 heavy (non-hydrogen) atoms. The molecule has 2 aromatic rings. The van der Waals surface area contributed by atoms with Gasteiger partial charge in [-0.1, -0.05) is 36.4 Å². The van der Waals surface area contributed by atoms with Gasteiger partial charge >= 0.3 is 0 Å². The van der Waals surface area contributed by atoms with Gasteiger partial charge in [0.25, 0.3) is 0 Å². The second-order valence-electron chi connectivity index (χ2n) is 6.33. The van der Waals surface area contributed by atoms with E-state index in [1.807, 2.05) is 30.3 Å². The molecule has 0 heterocycles. The van der Waals surface area contributed by atoms with Crippen molar-refractivity contribution in [1.29, 1.82) is 0 Å². The molecular formula is C21H22N2O3. The second-order valence-corrected chi connectivity index (χ2v) is 6.33. The van der Waals surface area contributed by atoms with Crippen molar-refractivity contribution in [2.24, 2.45) is 5.41 Å². The predicted octanol–water partition coefficient (Wildman–Crippen LogP) is 3.29. The standard InChI is InChI=1S/C21H22N2O3/c1-2-14-22-19(24)21(12-13-21)20(25)23-17-8-10-18(11-9-17)26-15-16-6-4-3-5-7-16/h2-11H,1,12-15H2,(H,22,24)(H,23,25). The van der Waals surface area contributed by atoms with Crippen LogP contribution >= 0.6 is 0 Å². The van der Waals surface area contributed by atoms with Crippen LogP contribution in [0, 0.1) is 5.41 Å². The highest BCUT2D eigenvalue weighted by Crippen LogP contribution is 2.46. The van der Waals surface area contributed by atoms with Gasteiger partial charge in [-0.25, -0.2) is 0 Å². The third kappa shape index (κ3) is 4.11. The van der Waals surface area contributed by atoms with Crippen LogP contribution in [0.2, 0.25) is 0 Å². The monoisotopic (exact) mass is 350 g/mol. The van der Waals surface area contributed by atoms with Gasteiger partial charge < -0.3 is 15.4 Å². The van der Waals surface area contributed by atoms with E-state index in [0.29, 0.717) is 31.7 Å². The summed E-state index contributed by atoms with van der Waals surface area (Å²) in [6.07, 6.45) is 2.74. The number of carbonyl (C=O) groups is 2. The lowest BCUT2D eigenvalue weighted by Gasteiger charge is -2.15. The molecule has 0 bridgehead atoms. The molecule has 0 aromatic heterocycles. The van der Waals surface area contributed by atoms with Crippen LogP contribution in [0.25, 0.3) is 0 Å². The van der Waals surface area contributed by atoms with Gasteiger partial charge in [0.2, 0.25) is 11.8 Å². The molecular weight excluding hydrogens is 328 g/mol. The molecule has 1 saturated carbocycles. The first-order chi connectivity index (χ1) is 12.6. The number of hydrogen-bond donors (Lipinski definition) is 2. The normalized spacial score (nSPS) is 14.2. The number of benzene rings is 2. The van der Waals surface area contributed by atoms with Crippen molar-refractivity contribution in [3.63, 3.8) is 0 Å². The van der Waals surface area contributed by atoms with Crippen LogP contribution < -0.4 is 15.4 Å². The molecule has 134 valence electrons. The highest BCUT2D eigenvalue weighted by atomic mass is 16.5. The van der Waals surface area contributed by atoms with E-state index in [-0.39, 0.29) is 11.8 Å². The fraction of sp³-hybridized carbons (Fsp3) is 0.238. The summed E-state index contributed by atoms with van der Waals surface area (Å²) < 4.78 is 5.73. The summed E-state index contributed by atoms with van der Waals surface area (Å²) in [5, 5.41) is 5.53. The zero-order valence-corrected chi connectivity index (χ0v) is 14.5. The summed E-state index contributed by atoms with van der Waals surface area (Å²) in [7, 11) is 0. The molecule has 1 fully saturated rings. The van der Waals surface area contributed by atoms with Crippen LogP contribution in [0.1, 0.15) is 18.4 Å². The van der Waals surface area contributed by atoms with Crippen LogP contribution in [0.15, 0.2) is 67.3 Å². The molecule has 5 heteroatoms. The Hall–Kier alpha value is -3.08. The first-order valence-corrected chi connectivity index (χ1v) is 8.61. The first-order valence-electron chi connectivity index (χ1n) is 8.61. The Morgan fingerprint density at radius 1 is 1.04 bits per heavy atom. The molecule has 1 aliphatic rings. The molecule has 0 aliphatic heterocycles. The number of amides is 2. The van der Waals surface area contributed by atoms with Crippen LogP contribution in [0.3, 0.4) is 0 Å². The number of nitrogens with one attached hydrogen (secondary N) is 2. The number of hydrogen-bond acceptors (Lipinski definition) is 3. The molecule has 0 unspecified atom stereocenters. The summed E-state index contributed by atoms with van der Waals surface area (Å²) in [4.78, 5) is 24.6. The smallest absolute Gasteiger partial charge is 0.240 e. The van der Waals surface area contributed by atoms with E-state index in [0.717, 1.165) is 11.3 Å². The average Bonchev–Trinajstić information content (AvgIpc) is 3.48. The van der Waals surface area contributed by atoms with Crippen molar-refractivity contribution in [2.45, 2.75) is 19.4 Å². The molecule has 1 aliphatic carbocycles. The molecule has 0 radical (unpaired) electrons. The lowest BCUT2D eigenvalue weighted by atomic mass is 10.1.